The largest absolute Gasteiger partial charge is 0.507 e. The van der Waals surface area contributed by atoms with E-state index in [4.69, 9.17) is 18.9 Å². The summed E-state index contributed by atoms with van der Waals surface area (Å²) >= 11 is 0. The molecule has 0 aromatic heterocycles. The van der Waals surface area contributed by atoms with Gasteiger partial charge in [0.25, 0.3) is 0 Å². The summed E-state index contributed by atoms with van der Waals surface area (Å²) in [5.74, 6) is 1.13. The van der Waals surface area contributed by atoms with Crippen LogP contribution in [0.5, 0.6) is 28.7 Å². The van der Waals surface area contributed by atoms with Crippen LogP contribution in [0.3, 0.4) is 0 Å². The molecular formula is C19H17NO5. The molecule has 25 heavy (non-hydrogen) atoms. The van der Waals surface area contributed by atoms with Gasteiger partial charge in [-0.25, -0.2) is 0 Å². The van der Waals surface area contributed by atoms with Gasteiger partial charge in [-0.2, -0.15) is 5.26 Å². The maximum Gasteiger partial charge on any atom is 0.208 e. The molecule has 0 radical (unpaired) electrons. The average molecular weight is 339 g/mol. The number of benzene rings is 3. The lowest BCUT2D eigenvalue weighted by molar-refractivity contribution is 0.309. The first kappa shape index (κ1) is 16.5. The Morgan fingerprint density at radius 2 is 1.24 bits per heavy atom. The van der Waals surface area contributed by atoms with Crippen LogP contribution in [-0.4, -0.2) is 33.5 Å². The highest BCUT2D eigenvalue weighted by molar-refractivity contribution is 6.16. The first-order valence-electron chi connectivity index (χ1n) is 7.47. The second-order valence-corrected chi connectivity index (χ2v) is 5.26. The van der Waals surface area contributed by atoms with Gasteiger partial charge in [0.2, 0.25) is 11.5 Å². The summed E-state index contributed by atoms with van der Waals surface area (Å²) in [5, 5.41) is 22.6. The zero-order chi connectivity index (χ0) is 18.1. The van der Waals surface area contributed by atoms with Crippen molar-refractivity contribution in [3.8, 4) is 34.8 Å². The lowest BCUT2D eigenvalue weighted by Gasteiger charge is -2.20. The number of hydrogen-bond acceptors (Lipinski definition) is 6. The molecule has 6 nitrogen and oxygen atoms in total. The fourth-order valence-electron chi connectivity index (χ4n) is 3.18. The molecule has 0 amide bonds. The van der Waals surface area contributed by atoms with Crippen molar-refractivity contribution in [2.45, 2.75) is 0 Å². The Morgan fingerprint density at radius 1 is 0.760 bits per heavy atom. The monoisotopic (exact) mass is 339 g/mol. The third-order valence-corrected chi connectivity index (χ3v) is 4.19. The highest BCUT2D eigenvalue weighted by atomic mass is 16.5. The maximum absolute atomic E-state index is 10.9. The Labute approximate surface area is 144 Å². The molecule has 0 aliphatic carbocycles. The molecule has 0 bridgehead atoms. The fraction of sp³-hybridized carbons (Fsp3) is 0.211. The van der Waals surface area contributed by atoms with Gasteiger partial charge < -0.3 is 24.1 Å². The molecule has 0 spiro atoms. The molecule has 0 heterocycles. The van der Waals surface area contributed by atoms with Crippen LogP contribution in [0, 0.1) is 11.3 Å². The van der Waals surface area contributed by atoms with E-state index in [0.717, 1.165) is 0 Å². The van der Waals surface area contributed by atoms with Crippen molar-refractivity contribution in [3.63, 3.8) is 0 Å². The van der Waals surface area contributed by atoms with Gasteiger partial charge >= 0.3 is 0 Å². The van der Waals surface area contributed by atoms with Crippen LogP contribution >= 0.6 is 0 Å². The molecule has 0 saturated carbocycles. The Bertz CT molecular complexity index is 1020. The van der Waals surface area contributed by atoms with E-state index in [1.54, 1.807) is 24.3 Å². The summed E-state index contributed by atoms with van der Waals surface area (Å²) in [5.41, 5.74) is 0.361. The smallest absolute Gasteiger partial charge is 0.208 e. The normalized spacial score (nSPS) is 10.5. The zero-order valence-corrected chi connectivity index (χ0v) is 14.3. The van der Waals surface area contributed by atoms with E-state index in [2.05, 4.69) is 6.07 Å². The summed E-state index contributed by atoms with van der Waals surface area (Å²) in [6, 6.07) is 9.32. The van der Waals surface area contributed by atoms with Crippen LogP contribution in [0.4, 0.5) is 0 Å². The Morgan fingerprint density at radius 3 is 1.72 bits per heavy atom. The van der Waals surface area contributed by atoms with Gasteiger partial charge in [0.05, 0.1) is 44.8 Å². The first-order valence-corrected chi connectivity index (χ1v) is 7.47. The van der Waals surface area contributed by atoms with E-state index in [9.17, 15) is 10.4 Å². The van der Waals surface area contributed by atoms with Crippen molar-refractivity contribution in [1.29, 1.82) is 5.26 Å². The molecule has 3 aromatic carbocycles. The summed E-state index contributed by atoms with van der Waals surface area (Å²) < 4.78 is 21.9. The Kier molecular flexibility index (Phi) is 4.15. The highest BCUT2D eigenvalue weighted by Gasteiger charge is 2.28. The molecule has 1 N–H and O–H groups in total. The van der Waals surface area contributed by atoms with Crippen LogP contribution in [0.2, 0.25) is 0 Å². The molecule has 0 aliphatic rings. The van der Waals surface area contributed by atoms with Crippen LogP contribution in [0.25, 0.3) is 21.5 Å². The van der Waals surface area contributed by atoms with Gasteiger partial charge in [-0.15, -0.1) is 0 Å². The number of methoxy groups -OCH3 is 4. The number of nitrogens with zero attached hydrogens (tertiary/aromatic N) is 1. The van der Waals surface area contributed by atoms with E-state index in [-0.39, 0.29) is 17.2 Å². The van der Waals surface area contributed by atoms with E-state index < -0.39 is 0 Å². The predicted molar refractivity (Wildman–Crippen MR) is 94.0 cm³/mol. The molecule has 0 saturated heterocycles. The summed E-state index contributed by atoms with van der Waals surface area (Å²) in [7, 11) is 5.87. The standard InChI is InChI=1S/C19H17NO5/c1-22-16-13-12(9-20)10-7-5-6-8-11(10)15(21)14(13)17(23-2)19(25-4)18(16)24-3/h5-8,21H,1-4H3. The molecule has 3 aromatic rings. The molecule has 0 fully saturated rings. The van der Waals surface area contributed by atoms with Crippen LogP contribution < -0.4 is 18.9 Å². The number of phenolic OH excluding ortho intramolecular Hbond substituents is 1. The molecule has 128 valence electrons. The highest BCUT2D eigenvalue weighted by Crippen LogP contribution is 2.55. The van der Waals surface area contributed by atoms with Gasteiger partial charge in [0.1, 0.15) is 11.8 Å². The molecule has 0 atom stereocenters. The van der Waals surface area contributed by atoms with Crippen molar-refractivity contribution in [3.05, 3.63) is 29.8 Å². The number of hydrogen-bond donors (Lipinski definition) is 1. The van der Waals surface area contributed by atoms with Crippen molar-refractivity contribution in [2.75, 3.05) is 28.4 Å². The van der Waals surface area contributed by atoms with Gasteiger partial charge in [-0.1, -0.05) is 24.3 Å². The minimum Gasteiger partial charge on any atom is -0.507 e. The number of phenols is 1. The molecule has 0 aliphatic heterocycles. The van der Waals surface area contributed by atoms with Gasteiger partial charge in [-0.3, -0.25) is 0 Å². The second-order valence-electron chi connectivity index (χ2n) is 5.26. The van der Waals surface area contributed by atoms with Crippen LogP contribution in [0.15, 0.2) is 24.3 Å². The average Bonchev–Trinajstić information content (AvgIpc) is 2.66. The number of nitriles is 1. The fourth-order valence-corrected chi connectivity index (χ4v) is 3.18. The molecule has 6 heteroatoms. The topological polar surface area (TPSA) is 80.9 Å². The van der Waals surface area contributed by atoms with Crippen LogP contribution in [0.1, 0.15) is 5.56 Å². The maximum atomic E-state index is 10.9. The number of aromatic hydroxyl groups is 1. The third kappa shape index (κ3) is 2.17. The van der Waals surface area contributed by atoms with E-state index in [1.165, 1.54) is 28.4 Å². The third-order valence-electron chi connectivity index (χ3n) is 4.19. The molecule has 0 unspecified atom stereocenters. The minimum atomic E-state index is -0.0132. The first-order chi connectivity index (χ1) is 12.1. The summed E-state index contributed by atoms with van der Waals surface area (Å²) in [4.78, 5) is 0. The van der Waals surface area contributed by atoms with Gasteiger partial charge in [0, 0.05) is 10.8 Å². The van der Waals surface area contributed by atoms with Gasteiger partial charge in [-0.05, 0) is 0 Å². The second kappa shape index (κ2) is 6.29. The number of ether oxygens (including phenoxy) is 4. The lowest BCUT2D eigenvalue weighted by Crippen LogP contribution is -2.01. The van der Waals surface area contributed by atoms with E-state index >= 15 is 0 Å². The predicted octanol–water partition coefficient (Wildman–Crippen LogP) is 3.60. The van der Waals surface area contributed by atoms with Crippen molar-refractivity contribution in [1.82, 2.24) is 0 Å². The van der Waals surface area contributed by atoms with Gasteiger partial charge in [0.15, 0.2) is 11.5 Å². The molecule has 3 rings (SSSR count). The SMILES string of the molecule is COc1c(OC)c(OC)c2c(C#N)c3ccccc3c(O)c2c1OC. The summed E-state index contributed by atoms with van der Waals surface area (Å²) in [6.45, 7) is 0. The van der Waals surface area contributed by atoms with Crippen molar-refractivity contribution < 1.29 is 24.1 Å². The van der Waals surface area contributed by atoms with Crippen molar-refractivity contribution >= 4 is 21.5 Å². The quantitative estimate of drug-likeness (QED) is 0.732. The van der Waals surface area contributed by atoms with E-state index in [0.29, 0.717) is 38.6 Å². The van der Waals surface area contributed by atoms with Crippen molar-refractivity contribution in [2.24, 2.45) is 0 Å². The van der Waals surface area contributed by atoms with E-state index in [1.807, 2.05) is 0 Å². The Hall–Kier alpha value is -3.33. The van der Waals surface area contributed by atoms with Crippen LogP contribution in [-0.2, 0) is 0 Å². The summed E-state index contributed by atoms with van der Waals surface area (Å²) in [6.07, 6.45) is 0. The zero-order valence-electron chi connectivity index (χ0n) is 14.3. The lowest BCUT2D eigenvalue weighted by atomic mass is 9.94. The molecular weight excluding hydrogens is 322 g/mol. The number of fused-ring (bicyclic) bond motifs is 2. The number of rotatable bonds is 4. The Balaban J connectivity index is 2.75. The minimum absolute atomic E-state index is 0.0132.